The molecule has 0 radical (unpaired) electrons. The lowest BCUT2D eigenvalue weighted by molar-refractivity contribution is 0.181. The summed E-state index contributed by atoms with van der Waals surface area (Å²) in [4.78, 5) is 9.04. The van der Waals surface area contributed by atoms with Crippen molar-refractivity contribution in [3.63, 3.8) is 0 Å². The van der Waals surface area contributed by atoms with Gasteiger partial charge < -0.3 is 4.74 Å². The zero-order valence-electron chi connectivity index (χ0n) is 11.9. The zero-order chi connectivity index (χ0) is 14.9. The number of aromatic nitrogens is 2. The summed E-state index contributed by atoms with van der Waals surface area (Å²) in [6, 6.07) is 4.26. The maximum atomic E-state index is 6.23. The lowest BCUT2D eigenvalue weighted by atomic mass is 9.99. The summed E-state index contributed by atoms with van der Waals surface area (Å²) < 4.78 is 6.03. The molecule has 0 aliphatic carbocycles. The highest BCUT2D eigenvalue weighted by Gasteiger charge is 2.15. The van der Waals surface area contributed by atoms with Crippen molar-refractivity contribution in [2.45, 2.75) is 27.4 Å². The minimum absolute atomic E-state index is 0.428. The van der Waals surface area contributed by atoms with E-state index in [-0.39, 0.29) is 0 Å². The summed E-state index contributed by atoms with van der Waals surface area (Å²) in [7, 11) is 1.65. The summed E-state index contributed by atoms with van der Waals surface area (Å²) in [6.45, 7) is 6.65. The molecule has 2 aromatic rings. The van der Waals surface area contributed by atoms with Gasteiger partial charge in [0.15, 0.2) is 5.82 Å². The van der Waals surface area contributed by atoms with Crippen LogP contribution in [-0.2, 0) is 11.3 Å². The van der Waals surface area contributed by atoms with E-state index in [0.29, 0.717) is 17.6 Å². The molecule has 0 fully saturated rings. The van der Waals surface area contributed by atoms with Gasteiger partial charge in [-0.25, -0.2) is 9.97 Å². The first-order valence-electron chi connectivity index (χ1n) is 6.23. The molecule has 2 rings (SSSR count). The van der Waals surface area contributed by atoms with Crippen LogP contribution in [0.1, 0.15) is 22.4 Å². The van der Waals surface area contributed by atoms with Crippen LogP contribution in [0.5, 0.6) is 0 Å². The molecule has 1 aromatic carbocycles. The van der Waals surface area contributed by atoms with Crippen LogP contribution in [0.4, 0.5) is 0 Å². The Bertz CT molecular complexity index is 636. The Morgan fingerprint density at radius 2 is 1.75 bits per heavy atom. The molecule has 0 aliphatic rings. The van der Waals surface area contributed by atoms with Gasteiger partial charge in [-0.1, -0.05) is 29.3 Å². The van der Waals surface area contributed by atoms with Crippen molar-refractivity contribution in [3.8, 4) is 11.4 Å². The Labute approximate surface area is 137 Å². The maximum absolute atomic E-state index is 6.23. The molecular formula is C15H16ClIN2O. The molecule has 5 heteroatoms. The highest BCUT2D eigenvalue weighted by Crippen LogP contribution is 2.29. The number of methoxy groups -OCH3 is 1. The standard InChI is InChI=1S/C15H16ClIN2O/c1-8-5-9(2)12(10(3)6-8)15-18-11(7-20-4)13(17)14(16)19-15/h5-6H,7H2,1-4H3. The number of nitrogens with zero attached hydrogens (tertiary/aromatic N) is 2. The van der Waals surface area contributed by atoms with Gasteiger partial charge in [-0.05, 0) is 54.5 Å². The van der Waals surface area contributed by atoms with E-state index in [9.17, 15) is 0 Å². The van der Waals surface area contributed by atoms with Crippen LogP contribution >= 0.6 is 34.2 Å². The van der Waals surface area contributed by atoms with Gasteiger partial charge in [-0.15, -0.1) is 0 Å². The van der Waals surface area contributed by atoms with Crippen molar-refractivity contribution in [2.75, 3.05) is 7.11 Å². The van der Waals surface area contributed by atoms with Crippen molar-refractivity contribution in [2.24, 2.45) is 0 Å². The van der Waals surface area contributed by atoms with Crippen LogP contribution in [0.25, 0.3) is 11.4 Å². The minimum Gasteiger partial charge on any atom is -0.378 e. The lowest BCUT2D eigenvalue weighted by Gasteiger charge is -2.12. The van der Waals surface area contributed by atoms with Crippen LogP contribution in [-0.4, -0.2) is 17.1 Å². The van der Waals surface area contributed by atoms with Crippen LogP contribution in [0.15, 0.2) is 12.1 Å². The molecule has 0 bridgehead atoms. The molecule has 0 unspecified atom stereocenters. The molecule has 0 spiro atoms. The molecule has 1 aromatic heterocycles. The van der Waals surface area contributed by atoms with Gasteiger partial charge in [-0.2, -0.15) is 0 Å². The Morgan fingerprint density at radius 1 is 1.15 bits per heavy atom. The third kappa shape index (κ3) is 3.13. The van der Waals surface area contributed by atoms with Gasteiger partial charge in [0.05, 0.1) is 15.9 Å². The van der Waals surface area contributed by atoms with Crippen LogP contribution in [0.2, 0.25) is 5.15 Å². The molecule has 1 heterocycles. The number of hydrogen-bond acceptors (Lipinski definition) is 3. The predicted octanol–water partition coefficient (Wildman–Crippen LogP) is 4.47. The monoisotopic (exact) mass is 402 g/mol. The Balaban J connectivity index is 2.64. The third-order valence-corrected chi connectivity index (χ3v) is 4.79. The van der Waals surface area contributed by atoms with E-state index >= 15 is 0 Å². The first-order valence-corrected chi connectivity index (χ1v) is 7.68. The normalized spacial score (nSPS) is 10.9. The van der Waals surface area contributed by atoms with Crippen molar-refractivity contribution >= 4 is 34.2 Å². The molecule has 0 saturated heterocycles. The topological polar surface area (TPSA) is 35.0 Å². The zero-order valence-corrected chi connectivity index (χ0v) is 14.8. The highest BCUT2D eigenvalue weighted by molar-refractivity contribution is 14.1. The van der Waals surface area contributed by atoms with Crippen LogP contribution < -0.4 is 0 Å². The summed E-state index contributed by atoms with van der Waals surface area (Å²) in [6.07, 6.45) is 0. The van der Waals surface area contributed by atoms with E-state index in [1.54, 1.807) is 7.11 Å². The first-order chi connectivity index (χ1) is 9.43. The summed E-state index contributed by atoms with van der Waals surface area (Å²) in [5.74, 6) is 0.664. The van der Waals surface area contributed by atoms with Crippen molar-refractivity contribution in [1.82, 2.24) is 9.97 Å². The Hall–Kier alpha value is -0.720. The fourth-order valence-corrected chi connectivity index (χ4v) is 2.93. The van der Waals surface area contributed by atoms with Crippen LogP contribution in [0.3, 0.4) is 0 Å². The number of ether oxygens (including phenoxy) is 1. The van der Waals surface area contributed by atoms with Crippen molar-refractivity contribution in [1.29, 1.82) is 0 Å². The van der Waals surface area contributed by atoms with E-state index in [0.717, 1.165) is 26.0 Å². The summed E-state index contributed by atoms with van der Waals surface area (Å²) in [5, 5.41) is 0.474. The molecule has 0 amide bonds. The predicted molar refractivity (Wildman–Crippen MR) is 90.1 cm³/mol. The summed E-state index contributed by atoms with van der Waals surface area (Å²) in [5.41, 5.74) is 5.41. The van der Waals surface area contributed by atoms with Gasteiger partial charge in [-0.3, -0.25) is 0 Å². The number of hydrogen-bond donors (Lipinski definition) is 0. The molecule has 106 valence electrons. The number of rotatable bonds is 3. The smallest absolute Gasteiger partial charge is 0.161 e. The number of benzene rings is 1. The second kappa shape index (κ2) is 6.37. The fraction of sp³-hybridized carbons (Fsp3) is 0.333. The van der Waals surface area contributed by atoms with E-state index in [1.807, 2.05) is 0 Å². The average Bonchev–Trinajstić information content (AvgIpc) is 2.34. The quantitative estimate of drug-likeness (QED) is 0.561. The highest BCUT2D eigenvalue weighted by atomic mass is 127. The average molecular weight is 403 g/mol. The van der Waals surface area contributed by atoms with Crippen molar-refractivity contribution in [3.05, 3.63) is 43.2 Å². The second-order valence-corrected chi connectivity index (χ2v) is 6.24. The fourth-order valence-electron chi connectivity index (χ4n) is 2.34. The van der Waals surface area contributed by atoms with Gasteiger partial charge in [0.2, 0.25) is 0 Å². The van der Waals surface area contributed by atoms with E-state index < -0.39 is 0 Å². The van der Waals surface area contributed by atoms with E-state index in [4.69, 9.17) is 16.3 Å². The Kier molecular flexibility index (Phi) is 4.99. The van der Waals surface area contributed by atoms with Crippen molar-refractivity contribution < 1.29 is 4.74 Å². The molecule has 0 N–H and O–H groups in total. The molecule has 3 nitrogen and oxygen atoms in total. The largest absolute Gasteiger partial charge is 0.378 e. The molecular weight excluding hydrogens is 387 g/mol. The Morgan fingerprint density at radius 3 is 2.30 bits per heavy atom. The molecule has 20 heavy (non-hydrogen) atoms. The molecule has 0 saturated carbocycles. The minimum atomic E-state index is 0.428. The van der Waals surface area contributed by atoms with Gasteiger partial charge in [0.25, 0.3) is 0 Å². The number of halogens is 2. The molecule has 0 aliphatic heterocycles. The molecule has 0 atom stereocenters. The van der Waals surface area contributed by atoms with Gasteiger partial charge in [0.1, 0.15) is 5.15 Å². The lowest BCUT2D eigenvalue weighted by Crippen LogP contribution is -2.04. The maximum Gasteiger partial charge on any atom is 0.161 e. The third-order valence-electron chi connectivity index (χ3n) is 3.06. The van der Waals surface area contributed by atoms with Crippen LogP contribution in [0, 0.1) is 24.3 Å². The van der Waals surface area contributed by atoms with E-state index in [1.165, 1.54) is 5.56 Å². The second-order valence-electron chi connectivity index (χ2n) is 4.81. The SMILES string of the molecule is COCc1nc(-c2c(C)cc(C)cc2C)nc(Cl)c1I. The first kappa shape index (κ1) is 15.7. The van der Waals surface area contributed by atoms with Gasteiger partial charge >= 0.3 is 0 Å². The van der Waals surface area contributed by atoms with Gasteiger partial charge in [0, 0.05) is 12.7 Å². The van der Waals surface area contributed by atoms with E-state index in [2.05, 4.69) is 65.5 Å². The summed E-state index contributed by atoms with van der Waals surface area (Å²) >= 11 is 8.38. The number of aryl methyl sites for hydroxylation is 3.